The highest BCUT2D eigenvalue weighted by atomic mass is 16.5. The maximum atomic E-state index is 13.5. The molecule has 140 valence electrons. The average Bonchev–Trinajstić information content (AvgIpc) is 3.26. The molecule has 0 radical (unpaired) electrons. The zero-order chi connectivity index (χ0) is 19.7. The minimum atomic E-state index is -0.884. The molecule has 0 aliphatic carbocycles. The Morgan fingerprint density at radius 1 is 1.14 bits per heavy atom. The number of benzene rings is 2. The molecule has 2 aromatic rings. The van der Waals surface area contributed by atoms with E-state index in [1.165, 1.54) is 4.90 Å². The summed E-state index contributed by atoms with van der Waals surface area (Å²) in [5.41, 5.74) is -0.627. The van der Waals surface area contributed by atoms with Crippen LogP contribution in [0.1, 0.15) is 31.7 Å². The Labute approximate surface area is 161 Å². The van der Waals surface area contributed by atoms with Crippen LogP contribution in [0.25, 0.3) is 10.8 Å². The highest BCUT2D eigenvalue weighted by molar-refractivity contribution is 6.26. The van der Waals surface area contributed by atoms with Gasteiger partial charge in [-0.1, -0.05) is 24.3 Å². The third-order valence-corrected chi connectivity index (χ3v) is 6.70. The summed E-state index contributed by atoms with van der Waals surface area (Å²) in [4.78, 5) is 39.4. The van der Waals surface area contributed by atoms with Crippen molar-refractivity contribution in [3.05, 3.63) is 42.0 Å². The van der Waals surface area contributed by atoms with Crippen molar-refractivity contribution in [2.24, 2.45) is 11.8 Å². The van der Waals surface area contributed by atoms with Crippen molar-refractivity contribution < 1.29 is 19.1 Å². The van der Waals surface area contributed by atoms with Gasteiger partial charge in [-0.2, -0.15) is 5.26 Å². The van der Waals surface area contributed by atoms with E-state index >= 15 is 0 Å². The van der Waals surface area contributed by atoms with Crippen LogP contribution < -0.4 is 4.90 Å². The Bertz CT molecular complexity index is 1100. The third-order valence-electron chi connectivity index (χ3n) is 6.70. The van der Waals surface area contributed by atoms with Gasteiger partial charge in [0.2, 0.25) is 11.8 Å². The number of nitrogens with zero attached hydrogens (tertiary/aromatic N) is 2. The van der Waals surface area contributed by atoms with Crippen LogP contribution in [0.5, 0.6) is 0 Å². The maximum Gasteiger partial charge on any atom is 0.240 e. The molecule has 4 atom stereocenters. The van der Waals surface area contributed by atoms with Crippen LogP contribution in [0.2, 0.25) is 0 Å². The van der Waals surface area contributed by atoms with Crippen molar-refractivity contribution in [1.29, 1.82) is 5.26 Å². The number of rotatable bonds is 3. The zero-order valence-electron chi connectivity index (χ0n) is 15.3. The summed E-state index contributed by atoms with van der Waals surface area (Å²) in [7, 11) is 0. The lowest BCUT2D eigenvalue weighted by Gasteiger charge is -2.29. The highest BCUT2D eigenvalue weighted by Gasteiger charge is 2.73. The number of nitriles is 1. The van der Waals surface area contributed by atoms with Crippen molar-refractivity contribution in [3.63, 3.8) is 0 Å². The van der Waals surface area contributed by atoms with Gasteiger partial charge in [-0.25, -0.2) is 4.90 Å². The first-order valence-electron chi connectivity index (χ1n) is 9.39. The van der Waals surface area contributed by atoms with Crippen molar-refractivity contribution in [3.8, 4) is 6.07 Å². The van der Waals surface area contributed by atoms with Crippen LogP contribution in [0.3, 0.4) is 0 Å². The van der Waals surface area contributed by atoms with Crippen molar-refractivity contribution in [2.45, 2.75) is 37.4 Å². The maximum absolute atomic E-state index is 13.5. The van der Waals surface area contributed by atoms with E-state index in [1.54, 1.807) is 12.1 Å². The van der Waals surface area contributed by atoms with E-state index in [-0.39, 0.29) is 18.2 Å². The molecule has 3 aliphatic rings. The Morgan fingerprint density at radius 2 is 1.86 bits per heavy atom. The molecule has 0 aromatic heterocycles. The number of hydrogen-bond donors (Lipinski definition) is 0. The smallest absolute Gasteiger partial charge is 0.240 e. The molecule has 3 saturated heterocycles. The van der Waals surface area contributed by atoms with Crippen LogP contribution in [0.4, 0.5) is 5.69 Å². The lowest BCUT2D eigenvalue weighted by Crippen LogP contribution is -2.42. The topological polar surface area (TPSA) is 87.5 Å². The van der Waals surface area contributed by atoms with E-state index in [0.717, 1.165) is 6.29 Å². The fourth-order valence-electron chi connectivity index (χ4n) is 5.50. The first-order chi connectivity index (χ1) is 13.5. The molecule has 6 nitrogen and oxygen atoms in total. The molecule has 0 unspecified atom stereocenters. The van der Waals surface area contributed by atoms with Gasteiger partial charge >= 0.3 is 0 Å². The first kappa shape index (κ1) is 17.1. The van der Waals surface area contributed by atoms with E-state index < -0.39 is 23.0 Å². The standard InChI is InChI=1S/C22H18N2O4/c1-21-8-9-22(28-21,10-11-25)18-17(21)19(26)24(20(18)27)16-7-6-13(12-23)14-4-2-3-5-15(14)16/h2-7,11,17-18H,8-10H2,1H3/t17-,18+,21-,22-/m0/s1. The molecule has 5 rings (SSSR count). The van der Waals surface area contributed by atoms with Gasteiger partial charge in [0.15, 0.2) is 0 Å². The second kappa shape index (κ2) is 5.49. The van der Waals surface area contributed by atoms with Gasteiger partial charge in [0, 0.05) is 17.2 Å². The molecule has 2 aromatic carbocycles. The molecular formula is C22H18N2O4. The van der Waals surface area contributed by atoms with Gasteiger partial charge in [-0.05, 0) is 31.9 Å². The minimum Gasteiger partial charge on any atom is -0.367 e. The number of ether oxygens (including phenoxy) is 1. The molecule has 3 heterocycles. The molecule has 3 fully saturated rings. The van der Waals surface area contributed by atoms with Crippen LogP contribution in [-0.4, -0.2) is 29.3 Å². The summed E-state index contributed by atoms with van der Waals surface area (Å²) in [6, 6.07) is 12.7. The number of carbonyl (C=O) groups is 3. The lowest BCUT2D eigenvalue weighted by molar-refractivity contribution is -0.131. The molecule has 3 aliphatic heterocycles. The largest absolute Gasteiger partial charge is 0.367 e. The molecule has 2 amide bonds. The number of hydrogen-bond acceptors (Lipinski definition) is 5. The fourth-order valence-corrected chi connectivity index (χ4v) is 5.50. The predicted molar refractivity (Wildman–Crippen MR) is 100 cm³/mol. The van der Waals surface area contributed by atoms with E-state index in [0.29, 0.717) is 34.9 Å². The van der Waals surface area contributed by atoms with E-state index in [4.69, 9.17) is 4.74 Å². The number of imide groups is 1. The monoisotopic (exact) mass is 374 g/mol. The first-order valence-corrected chi connectivity index (χ1v) is 9.39. The second-order valence-electron chi connectivity index (χ2n) is 8.11. The third kappa shape index (κ3) is 1.92. The predicted octanol–water partition coefficient (Wildman–Crippen LogP) is 2.73. The summed E-state index contributed by atoms with van der Waals surface area (Å²) in [5, 5.41) is 10.8. The van der Waals surface area contributed by atoms with Crippen LogP contribution in [-0.2, 0) is 19.1 Å². The Kier molecular flexibility index (Phi) is 3.35. The van der Waals surface area contributed by atoms with Crippen molar-refractivity contribution >= 4 is 34.6 Å². The van der Waals surface area contributed by atoms with Gasteiger partial charge in [0.05, 0.1) is 40.4 Å². The summed E-state index contributed by atoms with van der Waals surface area (Å²) in [6.07, 6.45) is 2.16. The van der Waals surface area contributed by atoms with E-state index in [9.17, 15) is 19.6 Å². The molecule has 0 saturated carbocycles. The van der Waals surface area contributed by atoms with Gasteiger partial charge < -0.3 is 9.53 Å². The highest BCUT2D eigenvalue weighted by Crippen LogP contribution is 2.62. The van der Waals surface area contributed by atoms with Gasteiger partial charge in [0.1, 0.15) is 6.29 Å². The molecule has 0 spiro atoms. The SMILES string of the molecule is C[C@@]12CC[C@@](CC=O)(O1)[C@H]1C(=O)N(c3ccc(C#N)c4ccccc34)C(=O)[C@H]12. The number of anilines is 1. The van der Waals surface area contributed by atoms with E-state index in [1.807, 2.05) is 31.2 Å². The number of fused-ring (bicyclic) bond motifs is 6. The van der Waals surface area contributed by atoms with Crippen molar-refractivity contribution in [1.82, 2.24) is 0 Å². The molecule has 28 heavy (non-hydrogen) atoms. The molecule has 6 heteroatoms. The van der Waals surface area contributed by atoms with Gasteiger partial charge in [0.25, 0.3) is 0 Å². The van der Waals surface area contributed by atoms with Crippen LogP contribution in [0.15, 0.2) is 36.4 Å². The Morgan fingerprint density at radius 3 is 2.57 bits per heavy atom. The van der Waals surface area contributed by atoms with Gasteiger partial charge in [-0.15, -0.1) is 0 Å². The van der Waals surface area contributed by atoms with Crippen LogP contribution in [0, 0.1) is 23.2 Å². The summed E-state index contributed by atoms with van der Waals surface area (Å²) in [6.45, 7) is 1.87. The summed E-state index contributed by atoms with van der Waals surface area (Å²) < 4.78 is 6.16. The van der Waals surface area contributed by atoms with E-state index in [2.05, 4.69) is 6.07 Å². The lowest BCUT2D eigenvalue weighted by atomic mass is 9.67. The molecular weight excluding hydrogens is 356 g/mol. The summed E-state index contributed by atoms with van der Waals surface area (Å²) >= 11 is 0. The number of aldehydes is 1. The quantitative estimate of drug-likeness (QED) is 0.609. The Hall–Kier alpha value is -3.04. The molecule has 2 bridgehead atoms. The average molecular weight is 374 g/mol. The zero-order valence-corrected chi connectivity index (χ0v) is 15.3. The van der Waals surface area contributed by atoms with Crippen molar-refractivity contribution in [2.75, 3.05) is 4.90 Å². The fraction of sp³-hybridized carbons (Fsp3) is 0.364. The normalized spacial score (nSPS) is 33.4. The number of amides is 2. The molecule has 0 N–H and O–H groups in total. The summed E-state index contributed by atoms with van der Waals surface area (Å²) in [5.74, 6) is -1.81. The number of carbonyl (C=O) groups excluding carboxylic acids is 3. The van der Waals surface area contributed by atoms with Gasteiger partial charge in [-0.3, -0.25) is 9.59 Å². The van der Waals surface area contributed by atoms with Crippen LogP contribution >= 0.6 is 0 Å². The second-order valence-corrected chi connectivity index (χ2v) is 8.11. The minimum absolute atomic E-state index is 0.116. The Balaban J connectivity index is 1.68.